The number of alkyl halides is 3. The van der Waals surface area contributed by atoms with Crippen LogP contribution in [0.2, 0.25) is 0 Å². The Labute approximate surface area is 99.0 Å². The standard InChI is InChI=1S/C13H16F3N/c14-13(15,16)9-10-1-3-11(4-2-10)12-5-7-17-8-6-12/h1-4,12,17H,5-9H2. The highest BCUT2D eigenvalue weighted by Gasteiger charge is 2.27. The fraction of sp³-hybridized carbons (Fsp3) is 0.538. The molecule has 0 spiro atoms. The van der Waals surface area contributed by atoms with Gasteiger partial charge in [0, 0.05) is 0 Å². The Morgan fingerprint density at radius 1 is 1.06 bits per heavy atom. The van der Waals surface area contributed by atoms with Gasteiger partial charge in [0.05, 0.1) is 6.42 Å². The lowest BCUT2D eigenvalue weighted by Gasteiger charge is -2.23. The SMILES string of the molecule is FC(F)(F)Cc1ccc(C2CCNCC2)cc1. The zero-order valence-electron chi connectivity index (χ0n) is 9.56. The van der Waals surface area contributed by atoms with Crippen LogP contribution in [0.15, 0.2) is 24.3 Å². The molecular weight excluding hydrogens is 227 g/mol. The van der Waals surface area contributed by atoms with Gasteiger partial charge in [0.2, 0.25) is 0 Å². The van der Waals surface area contributed by atoms with Crippen molar-refractivity contribution >= 4 is 0 Å². The maximum absolute atomic E-state index is 12.2. The normalized spacial score (nSPS) is 18.3. The van der Waals surface area contributed by atoms with Crippen LogP contribution >= 0.6 is 0 Å². The summed E-state index contributed by atoms with van der Waals surface area (Å²) in [6, 6.07) is 6.89. The van der Waals surface area contributed by atoms with Gasteiger partial charge in [-0.2, -0.15) is 13.2 Å². The van der Waals surface area contributed by atoms with Crippen molar-refractivity contribution in [1.82, 2.24) is 5.32 Å². The van der Waals surface area contributed by atoms with Gasteiger partial charge in [-0.15, -0.1) is 0 Å². The molecule has 0 aliphatic carbocycles. The summed E-state index contributed by atoms with van der Waals surface area (Å²) in [5.74, 6) is 0.496. The number of halogens is 3. The molecular formula is C13H16F3N. The number of rotatable bonds is 2. The van der Waals surface area contributed by atoms with Gasteiger partial charge in [0.1, 0.15) is 0 Å². The third-order valence-electron chi connectivity index (χ3n) is 3.19. The van der Waals surface area contributed by atoms with E-state index in [2.05, 4.69) is 5.32 Å². The van der Waals surface area contributed by atoms with Gasteiger partial charge < -0.3 is 5.32 Å². The molecule has 0 atom stereocenters. The third kappa shape index (κ3) is 3.73. The first-order valence-electron chi connectivity index (χ1n) is 5.91. The van der Waals surface area contributed by atoms with E-state index in [0.717, 1.165) is 31.5 Å². The molecule has 1 N–H and O–H groups in total. The molecule has 1 fully saturated rings. The molecule has 0 radical (unpaired) electrons. The van der Waals surface area contributed by atoms with E-state index in [1.807, 2.05) is 12.1 Å². The third-order valence-corrected chi connectivity index (χ3v) is 3.19. The van der Waals surface area contributed by atoms with E-state index in [1.54, 1.807) is 12.1 Å². The van der Waals surface area contributed by atoms with Crippen molar-refractivity contribution in [3.63, 3.8) is 0 Å². The topological polar surface area (TPSA) is 12.0 Å². The summed E-state index contributed by atoms with van der Waals surface area (Å²) in [5.41, 5.74) is 1.51. The number of benzene rings is 1. The highest BCUT2D eigenvalue weighted by Crippen LogP contribution is 2.27. The minimum atomic E-state index is -4.11. The molecule has 4 heteroatoms. The Hall–Kier alpha value is -1.03. The van der Waals surface area contributed by atoms with Crippen LogP contribution in [0.3, 0.4) is 0 Å². The summed E-state index contributed by atoms with van der Waals surface area (Å²) in [5, 5.41) is 3.28. The summed E-state index contributed by atoms with van der Waals surface area (Å²) >= 11 is 0. The van der Waals surface area contributed by atoms with E-state index in [-0.39, 0.29) is 0 Å². The van der Waals surface area contributed by atoms with E-state index < -0.39 is 12.6 Å². The Morgan fingerprint density at radius 3 is 2.18 bits per heavy atom. The fourth-order valence-electron chi connectivity index (χ4n) is 2.29. The predicted molar refractivity (Wildman–Crippen MR) is 61.0 cm³/mol. The average molecular weight is 243 g/mol. The molecule has 0 aromatic heterocycles. The first-order chi connectivity index (χ1) is 8.04. The van der Waals surface area contributed by atoms with Crippen LogP contribution < -0.4 is 5.32 Å². The molecule has 1 aromatic carbocycles. The van der Waals surface area contributed by atoms with Crippen molar-refractivity contribution in [2.75, 3.05) is 13.1 Å². The summed E-state index contributed by atoms with van der Waals surface area (Å²) in [4.78, 5) is 0. The molecule has 0 saturated carbocycles. The number of nitrogens with one attached hydrogen (secondary N) is 1. The minimum absolute atomic E-state index is 0.343. The molecule has 1 aromatic rings. The summed E-state index contributed by atoms with van der Waals surface area (Å²) < 4.78 is 36.6. The molecule has 1 nitrogen and oxygen atoms in total. The highest BCUT2D eigenvalue weighted by molar-refractivity contribution is 5.26. The maximum Gasteiger partial charge on any atom is 0.393 e. The summed E-state index contributed by atoms with van der Waals surface area (Å²) in [7, 11) is 0. The van der Waals surface area contributed by atoms with Crippen LogP contribution in [0.1, 0.15) is 29.9 Å². The zero-order chi connectivity index (χ0) is 12.3. The lowest BCUT2D eigenvalue weighted by Crippen LogP contribution is -2.26. The van der Waals surface area contributed by atoms with Crippen LogP contribution in [0.4, 0.5) is 13.2 Å². The Balaban J connectivity index is 2.02. The Bertz CT molecular complexity index is 350. The molecule has 0 unspecified atom stereocenters. The second-order valence-electron chi connectivity index (χ2n) is 4.56. The van der Waals surface area contributed by atoms with Crippen molar-refractivity contribution in [3.05, 3.63) is 35.4 Å². The molecule has 1 saturated heterocycles. The lowest BCUT2D eigenvalue weighted by atomic mass is 9.89. The highest BCUT2D eigenvalue weighted by atomic mass is 19.4. The summed E-state index contributed by atoms with van der Waals surface area (Å²) in [6.45, 7) is 1.99. The van der Waals surface area contributed by atoms with E-state index in [1.165, 1.54) is 0 Å². The summed E-state index contributed by atoms with van der Waals surface area (Å²) in [6.07, 6.45) is -2.81. The first-order valence-corrected chi connectivity index (χ1v) is 5.91. The van der Waals surface area contributed by atoms with Crippen LogP contribution in [-0.2, 0) is 6.42 Å². The molecule has 0 bridgehead atoms. The van der Waals surface area contributed by atoms with Gasteiger partial charge in [0.25, 0.3) is 0 Å². The Morgan fingerprint density at radius 2 is 1.65 bits per heavy atom. The van der Waals surface area contributed by atoms with Crippen molar-refractivity contribution in [1.29, 1.82) is 0 Å². The van der Waals surface area contributed by atoms with E-state index >= 15 is 0 Å². The van der Waals surface area contributed by atoms with Crippen LogP contribution in [0, 0.1) is 0 Å². The zero-order valence-corrected chi connectivity index (χ0v) is 9.56. The average Bonchev–Trinajstić information content (AvgIpc) is 2.29. The van der Waals surface area contributed by atoms with Gasteiger partial charge in [-0.25, -0.2) is 0 Å². The van der Waals surface area contributed by atoms with Crippen molar-refractivity contribution in [2.24, 2.45) is 0 Å². The first kappa shape index (κ1) is 12.4. The lowest BCUT2D eigenvalue weighted by molar-refractivity contribution is -0.127. The second-order valence-corrected chi connectivity index (χ2v) is 4.56. The molecule has 2 rings (SSSR count). The van der Waals surface area contributed by atoms with Crippen molar-refractivity contribution in [2.45, 2.75) is 31.4 Å². The predicted octanol–water partition coefficient (Wildman–Crippen LogP) is 3.26. The monoisotopic (exact) mass is 243 g/mol. The number of hydrogen-bond donors (Lipinski definition) is 1. The van der Waals surface area contributed by atoms with Crippen LogP contribution in [0.25, 0.3) is 0 Å². The fourth-order valence-corrected chi connectivity index (χ4v) is 2.29. The molecule has 94 valence electrons. The van der Waals surface area contributed by atoms with Crippen molar-refractivity contribution < 1.29 is 13.2 Å². The maximum atomic E-state index is 12.2. The van der Waals surface area contributed by atoms with Crippen LogP contribution in [-0.4, -0.2) is 19.3 Å². The Kier molecular flexibility index (Phi) is 3.72. The smallest absolute Gasteiger partial charge is 0.317 e. The molecule has 1 heterocycles. The van der Waals surface area contributed by atoms with Gasteiger partial charge >= 0.3 is 6.18 Å². The van der Waals surface area contributed by atoms with Gasteiger partial charge in [-0.05, 0) is 43.0 Å². The quantitative estimate of drug-likeness (QED) is 0.840. The molecule has 0 amide bonds. The van der Waals surface area contributed by atoms with E-state index in [4.69, 9.17) is 0 Å². The number of piperidine rings is 1. The van der Waals surface area contributed by atoms with E-state index in [9.17, 15) is 13.2 Å². The van der Waals surface area contributed by atoms with Gasteiger partial charge in [-0.1, -0.05) is 24.3 Å². The second kappa shape index (κ2) is 5.08. The van der Waals surface area contributed by atoms with Crippen molar-refractivity contribution in [3.8, 4) is 0 Å². The minimum Gasteiger partial charge on any atom is -0.317 e. The molecule has 1 aliphatic rings. The molecule has 1 aliphatic heterocycles. The van der Waals surface area contributed by atoms with Gasteiger partial charge in [-0.3, -0.25) is 0 Å². The largest absolute Gasteiger partial charge is 0.393 e. The number of hydrogen-bond acceptors (Lipinski definition) is 1. The molecule has 17 heavy (non-hydrogen) atoms. The van der Waals surface area contributed by atoms with E-state index in [0.29, 0.717) is 11.5 Å². The van der Waals surface area contributed by atoms with Gasteiger partial charge in [0.15, 0.2) is 0 Å². The van der Waals surface area contributed by atoms with Crippen LogP contribution in [0.5, 0.6) is 0 Å².